The van der Waals surface area contributed by atoms with Crippen molar-refractivity contribution in [3.63, 3.8) is 0 Å². The zero-order valence-corrected chi connectivity index (χ0v) is 19.3. The first-order valence-corrected chi connectivity index (χ1v) is 11.5. The Labute approximate surface area is 180 Å². The van der Waals surface area contributed by atoms with Crippen LogP contribution in [0, 0.1) is 0 Å². The van der Waals surface area contributed by atoms with E-state index >= 15 is 0 Å². The molecule has 0 radical (unpaired) electrons. The summed E-state index contributed by atoms with van der Waals surface area (Å²) >= 11 is 0. The predicted octanol–water partition coefficient (Wildman–Crippen LogP) is 3.73. The van der Waals surface area contributed by atoms with Crippen LogP contribution in [0.4, 0.5) is 0 Å². The second-order valence-electron chi connectivity index (χ2n) is 8.09. The SMILES string of the molecule is COc1cc(C(C)(C)C)c(O[SiH](c2ccccc2)c2ccccc2)c(OC)c1C=O. The molecule has 0 spiro atoms. The molecule has 0 bridgehead atoms. The lowest BCUT2D eigenvalue weighted by molar-refractivity contribution is 0.111. The van der Waals surface area contributed by atoms with Crippen LogP contribution in [0.1, 0.15) is 36.7 Å². The molecule has 3 aromatic rings. The van der Waals surface area contributed by atoms with Crippen molar-refractivity contribution in [2.75, 3.05) is 14.2 Å². The van der Waals surface area contributed by atoms with Gasteiger partial charge in [-0.2, -0.15) is 0 Å². The molecule has 0 saturated heterocycles. The van der Waals surface area contributed by atoms with Gasteiger partial charge in [-0.15, -0.1) is 0 Å². The third kappa shape index (κ3) is 4.41. The van der Waals surface area contributed by atoms with E-state index < -0.39 is 9.04 Å². The molecular weight excluding hydrogens is 392 g/mol. The van der Waals surface area contributed by atoms with E-state index in [1.165, 1.54) is 0 Å². The average Bonchev–Trinajstić information content (AvgIpc) is 2.76. The number of hydrogen-bond acceptors (Lipinski definition) is 4. The fourth-order valence-electron chi connectivity index (χ4n) is 3.49. The molecule has 0 amide bonds. The second kappa shape index (κ2) is 9.18. The third-order valence-corrected chi connectivity index (χ3v) is 7.48. The Balaban J connectivity index is 2.25. The Kier molecular flexibility index (Phi) is 6.62. The van der Waals surface area contributed by atoms with E-state index in [2.05, 4.69) is 45.0 Å². The Bertz CT molecular complexity index is 956. The Morgan fingerprint density at radius 3 is 1.73 bits per heavy atom. The largest absolute Gasteiger partial charge is 0.535 e. The fraction of sp³-hybridized carbons (Fsp3) is 0.240. The van der Waals surface area contributed by atoms with Crippen molar-refractivity contribution in [2.24, 2.45) is 0 Å². The van der Waals surface area contributed by atoms with Crippen LogP contribution in [0.5, 0.6) is 17.2 Å². The summed E-state index contributed by atoms with van der Waals surface area (Å²) in [5, 5.41) is 2.29. The maximum atomic E-state index is 11.9. The fourth-order valence-corrected chi connectivity index (χ4v) is 5.76. The van der Waals surface area contributed by atoms with Crippen LogP contribution < -0.4 is 24.3 Å². The zero-order chi connectivity index (χ0) is 21.7. The Morgan fingerprint density at radius 1 is 0.800 bits per heavy atom. The lowest BCUT2D eigenvalue weighted by atomic mass is 9.85. The lowest BCUT2D eigenvalue weighted by Crippen LogP contribution is -2.47. The topological polar surface area (TPSA) is 44.8 Å². The van der Waals surface area contributed by atoms with Crippen molar-refractivity contribution in [3.8, 4) is 17.2 Å². The number of rotatable bonds is 7. The number of methoxy groups -OCH3 is 2. The van der Waals surface area contributed by atoms with E-state index in [1.807, 2.05) is 42.5 Å². The van der Waals surface area contributed by atoms with E-state index in [1.54, 1.807) is 14.2 Å². The van der Waals surface area contributed by atoms with Gasteiger partial charge in [-0.3, -0.25) is 4.79 Å². The molecule has 0 atom stereocenters. The van der Waals surface area contributed by atoms with Crippen LogP contribution >= 0.6 is 0 Å². The normalized spacial score (nSPS) is 11.3. The molecule has 0 unspecified atom stereocenters. The predicted molar refractivity (Wildman–Crippen MR) is 124 cm³/mol. The van der Waals surface area contributed by atoms with E-state index in [9.17, 15) is 4.79 Å². The molecule has 30 heavy (non-hydrogen) atoms. The van der Waals surface area contributed by atoms with Crippen LogP contribution in [0.15, 0.2) is 66.7 Å². The van der Waals surface area contributed by atoms with Gasteiger partial charge >= 0.3 is 0 Å². The molecule has 0 aromatic heterocycles. The van der Waals surface area contributed by atoms with Gasteiger partial charge in [-0.1, -0.05) is 81.4 Å². The van der Waals surface area contributed by atoms with Gasteiger partial charge in [0.2, 0.25) is 0 Å². The maximum Gasteiger partial charge on any atom is 0.299 e. The summed E-state index contributed by atoms with van der Waals surface area (Å²) in [7, 11) is 1.00. The first-order valence-electron chi connectivity index (χ1n) is 9.92. The van der Waals surface area contributed by atoms with E-state index in [4.69, 9.17) is 13.9 Å². The van der Waals surface area contributed by atoms with Crippen molar-refractivity contribution in [3.05, 3.63) is 77.9 Å². The van der Waals surface area contributed by atoms with Gasteiger partial charge in [0, 0.05) is 5.56 Å². The van der Waals surface area contributed by atoms with Gasteiger partial charge in [-0.25, -0.2) is 0 Å². The van der Waals surface area contributed by atoms with E-state index in [-0.39, 0.29) is 5.41 Å². The van der Waals surface area contributed by atoms with Crippen LogP contribution in [0.3, 0.4) is 0 Å². The highest BCUT2D eigenvalue weighted by Gasteiger charge is 2.30. The quantitative estimate of drug-likeness (QED) is 0.432. The van der Waals surface area contributed by atoms with Crippen LogP contribution in [-0.2, 0) is 5.41 Å². The van der Waals surface area contributed by atoms with Gasteiger partial charge in [0.1, 0.15) is 11.3 Å². The number of carbonyl (C=O) groups is 1. The van der Waals surface area contributed by atoms with Crippen molar-refractivity contribution in [2.45, 2.75) is 26.2 Å². The summed E-state index contributed by atoms with van der Waals surface area (Å²) in [4.78, 5) is 11.9. The van der Waals surface area contributed by atoms with Crippen molar-refractivity contribution in [1.29, 1.82) is 0 Å². The molecule has 0 fully saturated rings. The van der Waals surface area contributed by atoms with Crippen LogP contribution in [0.2, 0.25) is 0 Å². The van der Waals surface area contributed by atoms with Gasteiger partial charge in [0.15, 0.2) is 17.8 Å². The average molecular weight is 421 g/mol. The third-order valence-electron chi connectivity index (χ3n) is 5.03. The van der Waals surface area contributed by atoms with E-state index in [0.29, 0.717) is 22.8 Å². The summed E-state index contributed by atoms with van der Waals surface area (Å²) in [6.07, 6.45) is 0.762. The molecule has 0 N–H and O–H groups in total. The maximum absolute atomic E-state index is 11.9. The van der Waals surface area contributed by atoms with Gasteiger partial charge < -0.3 is 13.9 Å². The molecule has 0 heterocycles. The minimum atomic E-state index is -2.11. The molecule has 0 aliphatic heterocycles. The molecule has 0 saturated carbocycles. The summed E-state index contributed by atoms with van der Waals surface area (Å²) in [5.74, 6) is 1.51. The van der Waals surface area contributed by atoms with Crippen molar-refractivity contribution >= 4 is 25.7 Å². The number of aldehydes is 1. The summed E-state index contributed by atoms with van der Waals surface area (Å²) in [5.41, 5.74) is 1.05. The molecule has 156 valence electrons. The highest BCUT2D eigenvalue weighted by Crippen LogP contribution is 2.45. The van der Waals surface area contributed by atoms with E-state index in [0.717, 1.165) is 22.2 Å². The number of benzene rings is 3. The summed E-state index contributed by atoms with van der Waals surface area (Å²) < 4.78 is 18.0. The van der Waals surface area contributed by atoms with Crippen molar-refractivity contribution < 1.29 is 18.7 Å². The molecule has 0 aliphatic carbocycles. The first-order chi connectivity index (χ1) is 14.4. The molecule has 0 aliphatic rings. The second-order valence-corrected chi connectivity index (χ2v) is 10.4. The zero-order valence-electron chi connectivity index (χ0n) is 18.1. The minimum absolute atomic E-state index is 0.246. The van der Waals surface area contributed by atoms with Gasteiger partial charge in [0.05, 0.1) is 14.2 Å². The van der Waals surface area contributed by atoms with Gasteiger partial charge in [0.25, 0.3) is 9.04 Å². The molecular formula is C25H28O4Si. The molecule has 3 aromatic carbocycles. The minimum Gasteiger partial charge on any atom is -0.535 e. The van der Waals surface area contributed by atoms with Crippen molar-refractivity contribution in [1.82, 2.24) is 0 Å². The standard InChI is InChI=1S/C25H28O4Si/c1-25(2,3)21-16-22(27-4)20(17-26)23(28-5)24(21)29-30(18-12-8-6-9-13-18)19-14-10-7-11-15-19/h6-17,30H,1-5H3. The summed E-state index contributed by atoms with van der Waals surface area (Å²) in [6, 6.07) is 22.4. The first kappa shape index (κ1) is 21.7. The number of hydrogen-bond donors (Lipinski definition) is 0. The molecule has 5 heteroatoms. The highest BCUT2D eigenvalue weighted by molar-refractivity contribution is 6.80. The monoisotopic (exact) mass is 420 g/mol. The Hall–Kier alpha value is -3.05. The van der Waals surface area contributed by atoms with Crippen LogP contribution in [-0.4, -0.2) is 29.5 Å². The smallest absolute Gasteiger partial charge is 0.299 e. The summed E-state index contributed by atoms with van der Waals surface area (Å²) in [6.45, 7) is 6.32. The highest BCUT2D eigenvalue weighted by atomic mass is 28.3. The number of ether oxygens (including phenoxy) is 2. The molecule has 3 rings (SSSR count). The number of carbonyl (C=O) groups excluding carboxylic acids is 1. The van der Waals surface area contributed by atoms with Crippen LogP contribution in [0.25, 0.3) is 0 Å². The lowest BCUT2D eigenvalue weighted by Gasteiger charge is -2.29. The van der Waals surface area contributed by atoms with Gasteiger partial charge in [-0.05, 0) is 21.9 Å². The Morgan fingerprint density at radius 2 is 1.33 bits per heavy atom. The molecule has 4 nitrogen and oxygen atoms in total.